The Bertz CT molecular complexity index is 2770. The molecule has 0 saturated carbocycles. The fourth-order valence-electron chi connectivity index (χ4n) is 9.96. The van der Waals surface area contributed by atoms with Crippen molar-refractivity contribution in [3.05, 3.63) is 207 Å². The van der Waals surface area contributed by atoms with Gasteiger partial charge in [0.15, 0.2) is 6.10 Å². The van der Waals surface area contributed by atoms with Crippen molar-refractivity contribution >= 4 is 33.6 Å². The third-order valence-electron chi connectivity index (χ3n) is 16.0. The summed E-state index contributed by atoms with van der Waals surface area (Å²) in [7, 11) is -9.84. The Morgan fingerprint density at radius 2 is 0.467 bits per heavy atom. The Labute approximate surface area is 648 Å². The number of esters is 3. The van der Waals surface area contributed by atoms with Gasteiger partial charge in [0.2, 0.25) is 0 Å². The highest BCUT2D eigenvalue weighted by Crippen LogP contribution is 2.45. The monoisotopic (exact) mass is 1530 g/mol. The minimum atomic E-state index is -4.96. The highest BCUT2D eigenvalue weighted by molar-refractivity contribution is 7.47. The van der Waals surface area contributed by atoms with Crippen LogP contribution in [0.25, 0.3) is 0 Å². The lowest BCUT2D eigenvalue weighted by atomic mass is 10.0. The number of aliphatic hydroxyl groups is 2. The smallest absolute Gasteiger partial charge is 0.463 e. The van der Waals surface area contributed by atoms with Gasteiger partial charge < -0.3 is 34.2 Å². The molecule has 0 amide bonds. The molecule has 0 radical (unpaired) electrons. The van der Waals surface area contributed by atoms with Crippen molar-refractivity contribution in [3.8, 4) is 0 Å². The first-order chi connectivity index (χ1) is 52.2. The number of phosphoric ester groups is 2. The molecule has 0 aliphatic heterocycles. The molecule has 0 rings (SSSR count). The number of phosphoric acid groups is 2. The van der Waals surface area contributed by atoms with Gasteiger partial charge in [-0.05, 0) is 167 Å². The molecular weight excluding hydrogens is 1390 g/mol. The summed E-state index contributed by atoms with van der Waals surface area (Å²) in [4.78, 5) is 58.8. The first kappa shape index (κ1) is 101. The second kappa shape index (κ2) is 79.7. The standard InChI is InChI=1S/C89H142O16P2/c1-4-7-10-13-16-19-22-25-28-31-34-37-39-40-41-42-44-47-48-51-54-57-60-63-66-69-72-75-87(92)99-78-84(90)79-101-106(95,96)102-80-85(91)81-103-107(97,98)104-83-86(105-89(94)77-74-71-68-65-62-59-56-53-50-45-36-33-30-27-24-21-18-15-12-9-6-3)82-100-88(93)76-73-70-67-64-61-58-55-52-49-46-43-38-35-32-29-26-23-20-17-14-11-8-5-2/h7-12,16-21,25-30,34-38,40-41,45-46,49,53,55-56,58,62,65,84-86,90-91H,4-6,13-15,22-24,31-33,39,42-44,47-48,50-52,54,57,59-61,63-64,66-83H2,1-3H3,(H,95,96)(H,97,98)/b10-7-,11-8-,12-9-,19-16-,20-17-,21-18-,28-25-,29-26-,30-27-,37-34-,38-35-,41-40-,45-36-,49-46-,56-53-,58-55-,65-62-. The van der Waals surface area contributed by atoms with Crippen molar-refractivity contribution in [2.75, 3.05) is 39.6 Å². The zero-order valence-corrected chi connectivity index (χ0v) is 67.8. The molecule has 0 bridgehead atoms. The van der Waals surface area contributed by atoms with Crippen LogP contribution >= 0.6 is 15.6 Å². The summed E-state index contributed by atoms with van der Waals surface area (Å²) in [6.07, 6.45) is 106. The number of allylic oxidation sites excluding steroid dienone is 34. The molecule has 0 aromatic heterocycles. The SMILES string of the molecule is CC/C=C\C/C=C\C/C=C\C/C=C\C/C=C\C/C=C\CCCCCCC(=O)OCC(COP(=O)(O)OCC(O)COP(=O)(O)OCC(O)COC(=O)CCCCCCCCCCCCC/C=C\C/C=C\C/C=C\C/C=C\C/C=C\CC)OC(=O)CCCC/C=C\C/C=C\C/C=C\C/C=C\C/C=C\C/C=C\CC. The molecule has 5 atom stereocenters. The predicted molar refractivity (Wildman–Crippen MR) is 444 cm³/mol. The van der Waals surface area contributed by atoms with E-state index in [1.807, 2.05) is 0 Å². The zero-order valence-electron chi connectivity index (χ0n) is 66.0. The van der Waals surface area contributed by atoms with E-state index in [-0.39, 0.29) is 19.3 Å². The Morgan fingerprint density at radius 1 is 0.262 bits per heavy atom. The number of hydrogen-bond donors (Lipinski definition) is 4. The molecule has 604 valence electrons. The fraction of sp³-hybridized carbons (Fsp3) is 0.584. The van der Waals surface area contributed by atoms with Crippen molar-refractivity contribution in [1.29, 1.82) is 0 Å². The number of hydrogen-bond acceptors (Lipinski definition) is 14. The second-order valence-electron chi connectivity index (χ2n) is 26.1. The molecule has 107 heavy (non-hydrogen) atoms. The molecule has 16 nitrogen and oxygen atoms in total. The Kier molecular flexibility index (Phi) is 75.3. The molecule has 0 fully saturated rings. The first-order valence-electron chi connectivity index (χ1n) is 40.4. The van der Waals surface area contributed by atoms with Crippen molar-refractivity contribution in [1.82, 2.24) is 0 Å². The number of ether oxygens (including phenoxy) is 3. The van der Waals surface area contributed by atoms with Crippen LogP contribution in [-0.2, 0) is 55.8 Å². The maximum Gasteiger partial charge on any atom is 0.472 e. The van der Waals surface area contributed by atoms with Gasteiger partial charge >= 0.3 is 33.6 Å². The van der Waals surface area contributed by atoms with Crippen LogP contribution in [0.4, 0.5) is 0 Å². The van der Waals surface area contributed by atoms with E-state index in [0.717, 1.165) is 173 Å². The predicted octanol–water partition coefficient (Wildman–Crippen LogP) is 24.1. The average molecular weight is 1530 g/mol. The Balaban J connectivity index is 4.75. The van der Waals surface area contributed by atoms with Gasteiger partial charge in [0.05, 0.1) is 26.4 Å². The Hall–Kier alpha value is -5.87. The highest BCUT2D eigenvalue weighted by atomic mass is 31.2. The quantitative estimate of drug-likeness (QED) is 0.0146. The van der Waals surface area contributed by atoms with Crippen molar-refractivity contribution < 1.29 is 75.8 Å². The van der Waals surface area contributed by atoms with E-state index in [9.17, 15) is 43.5 Å². The van der Waals surface area contributed by atoms with Gasteiger partial charge in [-0.3, -0.25) is 32.5 Å². The summed E-state index contributed by atoms with van der Waals surface area (Å²) in [5, 5.41) is 20.7. The fourth-order valence-corrected chi connectivity index (χ4v) is 11.5. The van der Waals surface area contributed by atoms with Gasteiger partial charge in [-0.25, -0.2) is 9.13 Å². The highest BCUT2D eigenvalue weighted by Gasteiger charge is 2.29. The van der Waals surface area contributed by atoms with Gasteiger partial charge in [-0.15, -0.1) is 0 Å². The summed E-state index contributed by atoms with van der Waals surface area (Å²) in [6, 6.07) is 0. The minimum Gasteiger partial charge on any atom is -0.463 e. The summed E-state index contributed by atoms with van der Waals surface area (Å²) < 4.78 is 61.2. The first-order valence-corrected chi connectivity index (χ1v) is 43.4. The van der Waals surface area contributed by atoms with Crippen LogP contribution in [0.1, 0.15) is 278 Å². The molecule has 0 aliphatic carbocycles. The van der Waals surface area contributed by atoms with E-state index in [1.165, 1.54) is 38.5 Å². The molecule has 0 heterocycles. The number of rotatable bonds is 74. The van der Waals surface area contributed by atoms with Crippen LogP contribution in [-0.4, -0.2) is 95.9 Å². The largest absolute Gasteiger partial charge is 0.472 e. The second-order valence-corrected chi connectivity index (χ2v) is 29.0. The van der Waals surface area contributed by atoms with Gasteiger partial charge in [0.1, 0.15) is 25.4 Å². The van der Waals surface area contributed by atoms with Crippen molar-refractivity contribution in [3.63, 3.8) is 0 Å². The zero-order chi connectivity index (χ0) is 78.0. The topological polar surface area (TPSA) is 231 Å². The van der Waals surface area contributed by atoms with Crippen molar-refractivity contribution in [2.45, 2.75) is 296 Å². The Morgan fingerprint density at radius 3 is 0.757 bits per heavy atom. The molecule has 0 saturated heterocycles. The lowest BCUT2D eigenvalue weighted by molar-refractivity contribution is -0.161. The number of unbranched alkanes of at least 4 members (excludes halogenated alkanes) is 17. The molecule has 0 aliphatic rings. The van der Waals surface area contributed by atoms with E-state index in [2.05, 4.69) is 227 Å². The molecule has 0 spiro atoms. The van der Waals surface area contributed by atoms with Crippen LogP contribution in [0.2, 0.25) is 0 Å². The van der Waals surface area contributed by atoms with Crippen molar-refractivity contribution in [2.24, 2.45) is 0 Å². The lowest BCUT2D eigenvalue weighted by Gasteiger charge is -2.21. The van der Waals surface area contributed by atoms with E-state index < -0.39 is 91.5 Å². The summed E-state index contributed by atoms with van der Waals surface area (Å²) in [5.41, 5.74) is 0. The van der Waals surface area contributed by atoms with Gasteiger partial charge in [-0.1, -0.05) is 298 Å². The van der Waals surface area contributed by atoms with Gasteiger partial charge in [-0.2, -0.15) is 0 Å². The third kappa shape index (κ3) is 81.0. The summed E-state index contributed by atoms with van der Waals surface area (Å²) in [5.74, 6) is -1.67. The lowest BCUT2D eigenvalue weighted by Crippen LogP contribution is -2.30. The van der Waals surface area contributed by atoms with E-state index >= 15 is 0 Å². The maximum atomic E-state index is 13.0. The molecule has 0 aromatic carbocycles. The molecule has 0 aromatic rings. The van der Waals surface area contributed by atoms with Gasteiger partial charge in [0.25, 0.3) is 0 Å². The number of carbonyl (C=O) groups excluding carboxylic acids is 3. The molecule has 18 heteroatoms. The molecular formula is C89H142O16P2. The van der Waals surface area contributed by atoms with Crippen LogP contribution in [0.3, 0.4) is 0 Å². The average Bonchev–Trinajstić information content (AvgIpc) is 0.906. The third-order valence-corrected chi connectivity index (χ3v) is 17.9. The summed E-state index contributed by atoms with van der Waals surface area (Å²) >= 11 is 0. The number of aliphatic hydroxyl groups excluding tert-OH is 2. The maximum absolute atomic E-state index is 13.0. The van der Waals surface area contributed by atoms with E-state index in [0.29, 0.717) is 25.7 Å². The van der Waals surface area contributed by atoms with E-state index in [1.54, 1.807) is 0 Å². The molecule has 5 unspecified atom stereocenters. The van der Waals surface area contributed by atoms with Crippen LogP contribution < -0.4 is 0 Å². The minimum absolute atomic E-state index is 0.0341. The van der Waals surface area contributed by atoms with E-state index in [4.69, 9.17) is 32.3 Å². The van der Waals surface area contributed by atoms with Crippen LogP contribution in [0.15, 0.2) is 207 Å². The normalized spacial score (nSPS) is 15.0. The van der Waals surface area contributed by atoms with Crippen LogP contribution in [0.5, 0.6) is 0 Å². The number of carbonyl (C=O) groups is 3. The van der Waals surface area contributed by atoms with Crippen LogP contribution in [0, 0.1) is 0 Å². The molecule has 4 N–H and O–H groups in total. The summed E-state index contributed by atoms with van der Waals surface area (Å²) in [6.45, 7) is 2.23. The van der Waals surface area contributed by atoms with Gasteiger partial charge in [0, 0.05) is 19.3 Å².